The summed E-state index contributed by atoms with van der Waals surface area (Å²) in [6, 6.07) is 10.5. The number of halogens is 2. The van der Waals surface area contributed by atoms with Crippen LogP contribution in [-0.4, -0.2) is 52.6 Å². The zero-order chi connectivity index (χ0) is 21.6. The Hall–Kier alpha value is -1.99. The van der Waals surface area contributed by atoms with E-state index in [9.17, 15) is 12.8 Å². The van der Waals surface area contributed by atoms with E-state index in [1.165, 1.54) is 13.1 Å². The predicted octanol–water partition coefficient (Wildman–Crippen LogP) is 1.83. The van der Waals surface area contributed by atoms with Crippen molar-refractivity contribution in [2.45, 2.75) is 24.8 Å². The second kappa shape index (κ2) is 11.6. The highest BCUT2D eigenvalue weighted by molar-refractivity contribution is 14.0. The summed E-state index contributed by atoms with van der Waals surface area (Å²) in [6.07, 6.45) is 2.45. The number of aliphatic imine (C=N–C) groups is 1. The summed E-state index contributed by atoms with van der Waals surface area (Å²) in [5.74, 6) is 0.678. The molecule has 1 aliphatic heterocycles. The number of guanidine groups is 1. The maximum absolute atomic E-state index is 13.9. The van der Waals surface area contributed by atoms with Crippen LogP contribution < -0.4 is 20.3 Å². The van der Waals surface area contributed by atoms with Gasteiger partial charge in [-0.2, -0.15) is 0 Å². The number of benzene rings is 1. The summed E-state index contributed by atoms with van der Waals surface area (Å²) in [4.78, 5) is 10.3. The normalized spacial score (nSPS) is 16.7. The van der Waals surface area contributed by atoms with E-state index >= 15 is 0 Å². The second-order valence-corrected chi connectivity index (χ2v) is 9.02. The van der Waals surface area contributed by atoms with Crippen molar-refractivity contribution in [1.29, 1.82) is 0 Å². The van der Waals surface area contributed by atoms with Gasteiger partial charge in [-0.15, -0.1) is 24.0 Å². The molecule has 1 aromatic heterocycles. The van der Waals surface area contributed by atoms with Gasteiger partial charge < -0.3 is 15.5 Å². The monoisotopic (exact) mass is 562 g/mol. The van der Waals surface area contributed by atoms with E-state index < -0.39 is 10.0 Å². The predicted molar refractivity (Wildman–Crippen MR) is 132 cm³/mol. The number of pyridine rings is 1. The molecule has 0 amide bonds. The van der Waals surface area contributed by atoms with Crippen LogP contribution in [0.4, 0.5) is 10.2 Å². The lowest BCUT2D eigenvalue weighted by atomic mass is 10.1. The molecule has 170 valence electrons. The maximum atomic E-state index is 13.9. The first-order chi connectivity index (χ1) is 14.4. The lowest BCUT2D eigenvalue weighted by molar-refractivity contribution is 0.587. The Morgan fingerprint density at radius 3 is 2.61 bits per heavy atom. The summed E-state index contributed by atoms with van der Waals surface area (Å²) >= 11 is 0. The van der Waals surface area contributed by atoms with Gasteiger partial charge in [0.1, 0.15) is 0 Å². The van der Waals surface area contributed by atoms with E-state index in [0.717, 1.165) is 24.1 Å². The number of sulfonamides is 1. The number of nitrogens with zero attached hydrogens (tertiary/aromatic N) is 3. The molecule has 3 rings (SSSR count). The summed E-state index contributed by atoms with van der Waals surface area (Å²) < 4.78 is 39.5. The molecule has 11 heteroatoms. The molecule has 2 aromatic rings. The van der Waals surface area contributed by atoms with Crippen molar-refractivity contribution in [3.05, 3.63) is 59.5 Å². The molecule has 0 radical (unpaired) electrons. The van der Waals surface area contributed by atoms with Crippen molar-refractivity contribution in [3.8, 4) is 0 Å². The van der Waals surface area contributed by atoms with E-state index in [2.05, 4.69) is 25.3 Å². The molecule has 0 aliphatic carbocycles. The fourth-order valence-electron chi connectivity index (χ4n) is 3.30. The summed E-state index contributed by atoms with van der Waals surface area (Å²) in [6.45, 7) is 1.91. The number of hydrogen-bond donors (Lipinski definition) is 3. The Bertz CT molecular complexity index is 987. The lowest BCUT2D eigenvalue weighted by Crippen LogP contribution is -2.44. The molecule has 1 atom stereocenters. The van der Waals surface area contributed by atoms with Crippen LogP contribution in [0.25, 0.3) is 0 Å². The third kappa shape index (κ3) is 7.28. The molecule has 2 heterocycles. The van der Waals surface area contributed by atoms with Crippen LogP contribution in [0.2, 0.25) is 0 Å². The van der Waals surface area contributed by atoms with Crippen LogP contribution >= 0.6 is 24.0 Å². The molecule has 31 heavy (non-hydrogen) atoms. The van der Waals surface area contributed by atoms with Crippen LogP contribution in [0.3, 0.4) is 0 Å². The van der Waals surface area contributed by atoms with Crippen molar-refractivity contribution < 1.29 is 12.8 Å². The Morgan fingerprint density at radius 2 is 1.97 bits per heavy atom. The molecule has 8 nitrogen and oxygen atoms in total. The van der Waals surface area contributed by atoms with E-state index in [1.807, 2.05) is 17.0 Å². The molecule has 1 saturated heterocycles. The van der Waals surface area contributed by atoms with E-state index in [4.69, 9.17) is 0 Å². The van der Waals surface area contributed by atoms with Gasteiger partial charge in [-0.3, -0.25) is 4.99 Å². The molecule has 0 spiro atoms. The van der Waals surface area contributed by atoms with Gasteiger partial charge in [0.2, 0.25) is 10.0 Å². The standard InChI is InChI=1S/C20H27FN6O2S.HI/c1-22-20(25-12-15-5-7-16(8-6-15)14-30(28,29)23-2)26-17-9-11-27(13-17)19-18(21)4-3-10-24-19;/h3-8,10,17,23H,9,11-14H2,1-2H3,(H2,22,25,26);1H. The van der Waals surface area contributed by atoms with Crippen molar-refractivity contribution in [1.82, 2.24) is 20.3 Å². The maximum Gasteiger partial charge on any atom is 0.215 e. The van der Waals surface area contributed by atoms with Crippen molar-refractivity contribution in [2.24, 2.45) is 4.99 Å². The van der Waals surface area contributed by atoms with Gasteiger partial charge in [0, 0.05) is 38.9 Å². The van der Waals surface area contributed by atoms with Crippen molar-refractivity contribution >= 4 is 45.8 Å². The van der Waals surface area contributed by atoms with E-state index in [0.29, 0.717) is 24.9 Å². The van der Waals surface area contributed by atoms with Gasteiger partial charge >= 0.3 is 0 Å². The largest absolute Gasteiger partial charge is 0.352 e. The van der Waals surface area contributed by atoms with E-state index in [1.54, 1.807) is 31.4 Å². The Morgan fingerprint density at radius 1 is 1.26 bits per heavy atom. The first kappa shape index (κ1) is 25.3. The number of hydrogen-bond acceptors (Lipinski definition) is 5. The molecule has 1 fully saturated rings. The van der Waals surface area contributed by atoms with Crippen LogP contribution in [-0.2, 0) is 22.3 Å². The molecule has 0 saturated carbocycles. The fraction of sp³-hybridized carbons (Fsp3) is 0.400. The zero-order valence-electron chi connectivity index (χ0n) is 17.5. The summed E-state index contributed by atoms with van der Waals surface area (Å²) in [7, 11) is -0.177. The number of nitrogens with one attached hydrogen (secondary N) is 3. The molecule has 0 bridgehead atoms. The smallest absolute Gasteiger partial charge is 0.215 e. The molecule has 1 aliphatic rings. The van der Waals surface area contributed by atoms with Gasteiger partial charge in [0.25, 0.3) is 0 Å². The van der Waals surface area contributed by atoms with Gasteiger partial charge in [-0.25, -0.2) is 22.5 Å². The first-order valence-electron chi connectivity index (χ1n) is 9.72. The Balaban J connectivity index is 0.00000341. The second-order valence-electron chi connectivity index (χ2n) is 7.09. The summed E-state index contributed by atoms with van der Waals surface area (Å²) in [5, 5.41) is 6.62. The third-order valence-electron chi connectivity index (χ3n) is 4.94. The highest BCUT2D eigenvalue weighted by Crippen LogP contribution is 2.20. The lowest BCUT2D eigenvalue weighted by Gasteiger charge is -2.20. The minimum atomic E-state index is -3.28. The minimum Gasteiger partial charge on any atom is -0.352 e. The van der Waals surface area contributed by atoms with Crippen LogP contribution in [0, 0.1) is 5.82 Å². The molecular weight excluding hydrogens is 534 g/mol. The van der Waals surface area contributed by atoms with Crippen LogP contribution in [0.15, 0.2) is 47.6 Å². The van der Waals surface area contributed by atoms with Gasteiger partial charge in [0.05, 0.1) is 5.75 Å². The van der Waals surface area contributed by atoms with Crippen LogP contribution in [0.1, 0.15) is 17.5 Å². The van der Waals surface area contributed by atoms with Crippen molar-refractivity contribution in [2.75, 3.05) is 32.1 Å². The molecule has 1 unspecified atom stereocenters. The average molecular weight is 562 g/mol. The van der Waals surface area contributed by atoms with Gasteiger partial charge in [0.15, 0.2) is 17.6 Å². The SMILES string of the molecule is CN=C(NCc1ccc(CS(=O)(=O)NC)cc1)NC1CCN(c2ncccc2F)C1.I. The quantitative estimate of drug-likeness (QED) is 0.271. The number of rotatable bonds is 7. The number of anilines is 1. The third-order valence-corrected chi connectivity index (χ3v) is 6.28. The summed E-state index contributed by atoms with van der Waals surface area (Å²) in [5.41, 5.74) is 1.73. The average Bonchev–Trinajstić information content (AvgIpc) is 3.20. The van der Waals surface area contributed by atoms with Crippen LogP contribution in [0.5, 0.6) is 0 Å². The molecular formula is C20H28FIN6O2S. The molecule has 3 N–H and O–H groups in total. The topological polar surface area (TPSA) is 98.7 Å². The Kier molecular flexibility index (Phi) is 9.44. The zero-order valence-corrected chi connectivity index (χ0v) is 20.7. The number of aromatic nitrogens is 1. The van der Waals surface area contributed by atoms with Gasteiger partial charge in [-0.05, 0) is 36.7 Å². The highest BCUT2D eigenvalue weighted by atomic mass is 127. The van der Waals surface area contributed by atoms with Gasteiger partial charge in [-0.1, -0.05) is 24.3 Å². The minimum absolute atomic E-state index is 0. The first-order valence-corrected chi connectivity index (χ1v) is 11.4. The highest BCUT2D eigenvalue weighted by Gasteiger charge is 2.25. The fourth-order valence-corrected chi connectivity index (χ4v) is 4.07. The van der Waals surface area contributed by atoms with E-state index in [-0.39, 0.29) is 41.6 Å². The molecule has 1 aromatic carbocycles. The van der Waals surface area contributed by atoms with Crippen molar-refractivity contribution in [3.63, 3.8) is 0 Å². The Labute approximate surface area is 199 Å².